The quantitative estimate of drug-likeness (QED) is 0.330. The van der Waals surface area contributed by atoms with E-state index in [2.05, 4.69) is 0 Å². The predicted octanol–water partition coefficient (Wildman–Crippen LogP) is -1.55. The van der Waals surface area contributed by atoms with Crippen LogP contribution < -0.4 is 0 Å². The molecule has 0 saturated heterocycles. The molecule has 0 aliphatic rings. The second kappa shape index (κ2) is 92.7. The molecule has 0 spiro atoms. The van der Waals surface area contributed by atoms with E-state index in [1.54, 1.807) is 0 Å². The van der Waals surface area contributed by atoms with Gasteiger partial charge in [0.15, 0.2) is 0 Å². The first-order chi connectivity index (χ1) is 4.24. The summed E-state index contributed by atoms with van der Waals surface area (Å²) < 4.78 is 0. The molecule has 0 heterocycles. The molecule has 0 atom stereocenters. The van der Waals surface area contributed by atoms with Crippen LogP contribution >= 0.6 is 0 Å². The number of hydrogen-bond donors (Lipinski definition) is 3. The fraction of sp³-hybridized carbons (Fsp3) is 0. The van der Waals surface area contributed by atoms with Crippen molar-refractivity contribution in [1.29, 1.82) is 0 Å². The first-order valence-corrected chi connectivity index (χ1v) is 1.28. The van der Waals surface area contributed by atoms with Crippen LogP contribution in [0.15, 0.2) is 0 Å². The molecule has 6 nitrogen and oxygen atoms in total. The van der Waals surface area contributed by atoms with Crippen LogP contribution in [0.5, 0.6) is 0 Å². The van der Waals surface area contributed by atoms with Crippen molar-refractivity contribution in [2.24, 2.45) is 0 Å². The zero-order valence-electron chi connectivity index (χ0n) is 5.22. The number of rotatable bonds is 0. The second-order valence-corrected chi connectivity index (χ2v) is 0.274. The Bertz CT molecular complexity index is 54.6. The third kappa shape index (κ3) is 89100. The summed E-state index contributed by atoms with van der Waals surface area (Å²) in [4.78, 5) is 24.7. The average Bonchev–Trinajstić information content (AvgIpc) is 1.70. The minimum atomic E-state index is 0. The van der Waals surface area contributed by atoms with Gasteiger partial charge in [-0.25, -0.2) is 0 Å². The summed E-state index contributed by atoms with van der Waals surface area (Å²) in [6, 6.07) is 0. The van der Waals surface area contributed by atoms with E-state index in [-0.39, 0.29) is 45.7 Å². The summed E-state index contributed by atoms with van der Waals surface area (Å²) in [7, 11) is 0. The van der Waals surface area contributed by atoms with Crippen LogP contribution in [0.3, 0.4) is 0 Å². The van der Waals surface area contributed by atoms with E-state index in [0.717, 1.165) is 0 Å². The molecule has 0 aromatic rings. The van der Waals surface area contributed by atoms with Gasteiger partial charge in [-0.05, 0) is 0 Å². The molecule has 0 amide bonds. The van der Waals surface area contributed by atoms with Gasteiger partial charge in [-0.2, -0.15) is 0 Å². The Morgan fingerprint density at radius 1 is 0.727 bits per heavy atom. The molecule has 0 fully saturated rings. The average molecular weight is 409 g/mol. The Hall–Kier alpha value is -0.0835. The van der Waals surface area contributed by atoms with Crippen LogP contribution in [0.25, 0.3) is 0 Å². The maximum Gasteiger partial charge on any atom is 3.00 e. The monoisotopic (exact) mass is 408 g/mol. The Morgan fingerprint density at radius 3 is 0.727 bits per heavy atom. The molecule has 3 N–H and O–H groups in total. The minimum absolute atomic E-state index is 0. The van der Waals surface area contributed by atoms with E-state index < -0.39 is 0 Å². The van der Waals surface area contributed by atoms with Crippen molar-refractivity contribution in [3.63, 3.8) is 0 Å². The molecule has 11 heavy (non-hydrogen) atoms. The molecule has 0 aromatic carbocycles. The van der Waals surface area contributed by atoms with Gasteiger partial charge in [0.2, 0.25) is 0 Å². The Kier molecular flexibility index (Phi) is 258. The van der Waals surface area contributed by atoms with Crippen LogP contribution in [0.1, 0.15) is 0 Å². The molecule has 0 aromatic heterocycles. The fourth-order valence-corrected chi connectivity index (χ4v) is 0. The molecule has 0 aliphatic heterocycles. The van der Waals surface area contributed by atoms with Gasteiger partial charge < -0.3 is 29.7 Å². The Morgan fingerprint density at radius 2 is 0.727 bits per heavy atom. The topological polar surface area (TPSA) is 112 Å². The van der Waals surface area contributed by atoms with Crippen molar-refractivity contribution in [3.8, 4) is 0 Å². The van der Waals surface area contributed by atoms with E-state index >= 15 is 0 Å². The van der Waals surface area contributed by atoms with E-state index in [0.29, 0.717) is 19.4 Å². The molecule has 2 radical (unpaired) electrons. The standard InChI is InChI=1S/3CHO2.Bi.Zn/c3*2-1-3;;/h3*(H,2,3);;/q3*-1;+3;. The smallest absolute Gasteiger partial charge is 0.665 e. The minimum Gasteiger partial charge on any atom is -0.665 e. The molecule has 0 rings (SSSR count). The molecular weight excluding hydrogens is 406 g/mol. The molecule has 0 bridgehead atoms. The zero-order valence-corrected chi connectivity index (χ0v) is 11.7. The van der Waals surface area contributed by atoms with Crippen molar-refractivity contribution in [3.05, 3.63) is 0 Å². The van der Waals surface area contributed by atoms with Crippen molar-refractivity contribution in [2.75, 3.05) is 0 Å². The normalized spacial score (nSPS) is 3.27. The van der Waals surface area contributed by atoms with Crippen molar-refractivity contribution in [2.45, 2.75) is 0 Å². The van der Waals surface area contributed by atoms with Crippen LogP contribution in [0, 0.1) is 0 Å². The first kappa shape index (κ1) is 30.7. The van der Waals surface area contributed by atoms with Crippen LogP contribution in [0.2, 0.25) is 0 Å². The van der Waals surface area contributed by atoms with Gasteiger partial charge in [-0.3, -0.25) is 0 Å². The largest absolute Gasteiger partial charge is 3.00 e. The summed E-state index contributed by atoms with van der Waals surface area (Å²) in [5.74, 6) is 0. The van der Waals surface area contributed by atoms with Gasteiger partial charge in [-0.1, -0.05) is 19.4 Å². The summed E-state index contributed by atoms with van der Waals surface area (Å²) in [6.45, 7) is 1.50. The van der Waals surface area contributed by atoms with Gasteiger partial charge in [-0.15, -0.1) is 0 Å². The van der Waals surface area contributed by atoms with E-state index in [4.69, 9.17) is 29.7 Å². The Balaban J connectivity index is -0.0000000150. The maximum atomic E-state index is 8.24. The molecule has 0 unspecified atom stereocenters. The third-order valence-corrected chi connectivity index (χ3v) is 0. The maximum absolute atomic E-state index is 8.24. The van der Waals surface area contributed by atoms with Gasteiger partial charge in [0.05, 0.1) is 0 Å². The SMILES string of the molecule is O=[C-]O.O=[C-]O.O=[C-]O.[Bi+3].[Zn]. The molecule has 0 saturated carbocycles. The summed E-state index contributed by atoms with van der Waals surface area (Å²) in [6.07, 6.45) is 0. The zero-order chi connectivity index (χ0) is 8.12. The van der Waals surface area contributed by atoms with Crippen molar-refractivity contribution < 1.29 is 49.2 Å². The van der Waals surface area contributed by atoms with Gasteiger partial charge in [0.1, 0.15) is 0 Å². The summed E-state index contributed by atoms with van der Waals surface area (Å²) >= 11 is 0. The molecule has 58 valence electrons. The molecule has 8 heteroatoms. The number of aliphatic hydroxyl groups excluding tert-OH is 3. The van der Waals surface area contributed by atoms with Gasteiger partial charge in [0.25, 0.3) is 0 Å². The summed E-state index contributed by atoms with van der Waals surface area (Å²) in [5.41, 5.74) is 0. The predicted molar refractivity (Wildman–Crippen MR) is 30.7 cm³/mol. The Labute approximate surface area is 94.5 Å². The third-order valence-electron chi connectivity index (χ3n) is 0. The van der Waals surface area contributed by atoms with E-state index in [1.165, 1.54) is 0 Å². The van der Waals surface area contributed by atoms with Crippen molar-refractivity contribution >= 4 is 45.6 Å². The van der Waals surface area contributed by atoms with Gasteiger partial charge >= 0.3 is 26.2 Å². The van der Waals surface area contributed by atoms with Crippen LogP contribution in [-0.4, -0.2) is 60.9 Å². The molecular formula is C3H3BiO6Zn. The van der Waals surface area contributed by atoms with E-state index in [1.807, 2.05) is 0 Å². The molecule has 0 aliphatic carbocycles. The van der Waals surface area contributed by atoms with Gasteiger partial charge in [0, 0.05) is 19.5 Å². The second-order valence-electron chi connectivity index (χ2n) is 0.274. The summed E-state index contributed by atoms with van der Waals surface area (Å²) in [5, 5.41) is 20.3. The fourth-order valence-electron chi connectivity index (χ4n) is 0. The van der Waals surface area contributed by atoms with Crippen LogP contribution in [0.4, 0.5) is 0 Å². The number of hydrogen-bond acceptors (Lipinski definition) is 3. The first-order valence-electron chi connectivity index (χ1n) is 1.28. The van der Waals surface area contributed by atoms with Crippen molar-refractivity contribution in [1.82, 2.24) is 0 Å². The van der Waals surface area contributed by atoms with Crippen LogP contribution in [-0.2, 0) is 33.9 Å². The van der Waals surface area contributed by atoms with E-state index in [9.17, 15) is 0 Å².